The standard InChI is InChI=1S/C14H21N5/c1-4-13-8-14(18-11(3)17-13)15-7-5-6-12-9-16-19-10(12)2/h8-9H,4-7H2,1-3H3,(H,16,19)(H,15,17,18). The van der Waals surface area contributed by atoms with E-state index in [9.17, 15) is 0 Å². The Hall–Kier alpha value is -1.91. The van der Waals surface area contributed by atoms with Gasteiger partial charge in [-0.3, -0.25) is 5.10 Å². The Kier molecular flexibility index (Phi) is 4.49. The summed E-state index contributed by atoms with van der Waals surface area (Å²) in [6.07, 6.45) is 4.93. The van der Waals surface area contributed by atoms with E-state index < -0.39 is 0 Å². The first-order valence-corrected chi connectivity index (χ1v) is 6.76. The summed E-state index contributed by atoms with van der Waals surface area (Å²) in [6, 6.07) is 2.02. The van der Waals surface area contributed by atoms with Crippen LogP contribution in [0.15, 0.2) is 12.3 Å². The van der Waals surface area contributed by atoms with E-state index in [0.717, 1.165) is 48.8 Å². The molecule has 0 fully saturated rings. The van der Waals surface area contributed by atoms with Crippen LogP contribution in [0.2, 0.25) is 0 Å². The van der Waals surface area contributed by atoms with E-state index in [1.807, 2.05) is 19.2 Å². The molecule has 5 nitrogen and oxygen atoms in total. The van der Waals surface area contributed by atoms with Crippen molar-refractivity contribution in [3.8, 4) is 0 Å². The van der Waals surface area contributed by atoms with Crippen LogP contribution in [0.25, 0.3) is 0 Å². The van der Waals surface area contributed by atoms with Crippen LogP contribution >= 0.6 is 0 Å². The zero-order chi connectivity index (χ0) is 13.7. The highest BCUT2D eigenvalue weighted by molar-refractivity contribution is 5.36. The number of nitrogens with one attached hydrogen (secondary N) is 2. The molecule has 0 saturated carbocycles. The number of hydrogen-bond donors (Lipinski definition) is 2. The van der Waals surface area contributed by atoms with Crippen molar-refractivity contribution in [1.82, 2.24) is 20.2 Å². The maximum Gasteiger partial charge on any atom is 0.129 e. The van der Waals surface area contributed by atoms with Crippen molar-refractivity contribution < 1.29 is 0 Å². The third-order valence-corrected chi connectivity index (χ3v) is 3.12. The molecule has 0 spiro atoms. The van der Waals surface area contributed by atoms with Crippen LogP contribution in [0.5, 0.6) is 0 Å². The number of hydrogen-bond acceptors (Lipinski definition) is 4. The number of H-pyrrole nitrogens is 1. The van der Waals surface area contributed by atoms with Crippen molar-refractivity contribution in [3.05, 3.63) is 35.0 Å². The Morgan fingerprint density at radius 1 is 1.26 bits per heavy atom. The molecule has 102 valence electrons. The van der Waals surface area contributed by atoms with Crippen LogP contribution in [0.3, 0.4) is 0 Å². The van der Waals surface area contributed by atoms with Crippen molar-refractivity contribution in [3.63, 3.8) is 0 Å². The molecule has 0 unspecified atom stereocenters. The Morgan fingerprint density at radius 3 is 2.79 bits per heavy atom. The maximum atomic E-state index is 4.39. The fourth-order valence-electron chi connectivity index (χ4n) is 2.02. The SMILES string of the molecule is CCc1cc(NCCCc2cn[nH]c2C)nc(C)n1. The summed E-state index contributed by atoms with van der Waals surface area (Å²) < 4.78 is 0. The van der Waals surface area contributed by atoms with E-state index in [0.29, 0.717) is 0 Å². The summed E-state index contributed by atoms with van der Waals surface area (Å²) in [5, 5.41) is 10.3. The largest absolute Gasteiger partial charge is 0.370 e. The van der Waals surface area contributed by atoms with E-state index in [-0.39, 0.29) is 0 Å². The summed E-state index contributed by atoms with van der Waals surface area (Å²) in [4.78, 5) is 8.76. The first kappa shape index (κ1) is 13.5. The van der Waals surface area contributed by atoms with Gasteiger partial charge in [-0.25, -0.2) is 9.97 Å². The predicted octanol–water partition coefficient (Wildman–Crippen LogP) is 2.42. The molecule has 0 aliphatic heterocycles. The molecule has 0 aliphatic carbocycles. The molecule has 0 aliphatic rings. The lowest BCUT2D eigenvalue weighted by Crippen LogP contribution is -2.07. The highest BCUT2D eigenvalue weighted by Gasteiger charge is 2.02. The predicted molar refractivity (Wildman–Crippen MR) is 76.3 cm³/mol. The third-order valence-electron chi connectivity index (χ3n) is 3.12. The zero-order valence-corrected chi connectivity index (χ0v) is 11.8. The van der Waals surface area contributed by atoms with E-state index in [2.05, 4.69) is 39.3 Å². The molecule has 2 heterocycles. The van der Waals surface area contributed by atoms with Crippen molar-refractivity contribution in [2.24, 2.45) is 0 Å². The molecule has 2 aromatic heterocycles. The average Bonchev–Trinajstić information content (AvgIpc) is 2.80. The minimum absolute atomic E-state index is 0.826. The minimum atomic E-state index is 0.826. The first-order valence-electron chi connectivity index (χ1n) is 6.76. The lowest BCUT2D eigenvalue weighted by atomic mass is 10.1. The maximum absolute atomic E-state index is 4.39. The fraction of sp³-hybridized carbons (Fsp3) is 0.500. The van der Waals surface area contributed by atoms with Gasteiger partial charge in [-0.05, 0) is 38.7 Å². The zero-order valence-electron chi connectivity index (χ0n) is 11.8. The second kappa shape index (κ2) is 6.31. The van der Waals surface area contributed by atoms with Gasteiger partial charge in [-0.2, -0.15) is 5.10 Å². The van der Waals surface area contributed by atoms with E-state index in [1.54, 1.807) is 0 Å². The van der Waals surface area contributed by atoms with Gasteiger partial charge in [0.15, 0.2) is 0 Å². The fourth-order valence-corrected chi connectivity index (χ4v) is 2.02. The molecule has 0 saturated heterocycles. The summed E-state index contributed by atoms with van der Waals surface area (Å²) in [7, 11) is 0. The second-order valence-corrected chi connectivity index (χ2v) is 4.70. The Bertz CT molecular complexity index is 532. The summed E-state index contributed by atoms with van der Waals surface area (Å²) in [5.41, 5.74) is 3.53. The summed E-state index contributed by atoms with van der Waals surface area (Å²) in [5.74, 6) is 1.75. The van der Waals surface area contributed by atoms with Gasteiger partial charge in [-0.1, -0.05) is 6.92 Å². The van der Waals surface area contributed by atoms with Gasteiger partial charge >= 0.3 is 0 Å². The normalized spacial score (nSPS) is 10.7. The molecule has 0 bridgehead atoms. The molecule has 0 radical (unpaired) electrons. The Balaban J connectivity index is 1.82. The van der Waals surface area contributed by atoms with Crippen molar-refractivity contribution in [2.45, 2.75) is 40.0 Å². The highest BCUT2D eigenvalue weighted by Crippen LogP contribution is 2.09. The molecule has 5 heteroatoms. The number of rotatable bonds is 6. The van der Waals surface area contributed by atoms with Gasteiger partial charge in [-0.15, -0.1) is 0 Å². The van der Waals surface area contributed by atoms with Crippen LogP contribution in [0.1, 0.15) is 36.1 Å². The van der Waals surface area contributed by atoms with Gasteiger partial charge < -0.3 is 5.32 Å². The average molecular weight is 259 g/mol. The van der Waals surface area contributed by atoms with Crippen molar-refractivity contribution in [1.29, 1.82) is 0 Å². The number of nitrogens with zero attached hydrogens (tertiary/aromatic N) is 3. The van der Waals surface area contributed by atoms with Gasteiger partial charge in [0, 0.05) is 24.0 Å². The molecule has 2 N–H and O–H groups in total. The van der Waals surface area contributed by atoms with Gasteiger partial charge in [0.1, 0.15) is 11.6 Å². The topological polar surface area (TPSA) is 66.5 Å². The van der Waals surface area contributed by atoms with E-state index in [4.69, 9.17) is 0 Å². The third kappa shape index (κ3) is 3.77. The van der Waals surface area contributed by atoms with Crippen molar-refractivity contribution >= 4 is 5.82 Å². The van der Waals surface area contributed by atoms with Crippen LogP contribution < -0.4 is 5.32 Å². The lowest BCUT2D eigenvalue weighted by molar-refractivity contribution is 0.847. The Labute approximate surface area is 113 Å². The van der Waals surface area contributed by atoms with Crippen molar-refractivity contribution in [2.75, 3.05) is 11.9 Å². The quantitative estimate of drug-likeness (QED) is 0.782. The first-order chi connectivity index (χ1) is 9.19. The minimum Gasteiger partial charge on any atom is -0.370 e. The van der Waals surface area contributed by atoms with Gasteiger partial charge in [0.25, 0.3) is 0 Å². The number of aromatic amines is 1. The number of anilines is 1. The highest BCUT2D eigenvalue weighted by atomic mass is 15.1. The Morgan fingerprint density at radius 2 is 2.11 bits per heavy atom. The molecule has 2 rings (SSSR count). The van der Waals surface area contributed by atoms with Crippen LogP contribution in [-0.4, -0.2) is 26.7 Å². The molecule has 0 amide bonds. The van der Waals surface area contributed by atoms with Gasteiger partial charge in [0.2, 0.25) is 0 Å². The van der Waals surface area contributed by atoms with E-state index >= 15 is 0 Å². The smallest absolute Gasteiger partial charge is 0.129 e. The second-order valence-electron chi connectivity index (χ2n) is 4.70. The van der Waals surface area contributed by atoms with Gasteiger partial charge in [0.05, 0.1) is 6.20 Å². The summed E-state index contributed by atoms with van der Waals surface area (Å²) in [6.45, 7) is 6.99. The van der Waals surface area contributed by atoms with Crippen LogP contribution in [0.4, 0.5) is 5.82 Å². The monoisotopic (exact) mass is 259 g/mol. The molecular formula is C14H21N5. The van der Waals surface area contributed by atoms with Crippen LogP contribution in [-0.2, 0) is 12.8 Å². The van der Waals surface area contributed by atoms with Crippen LogP contribution in [0, 0.1) is 13.8 Å². The summed E-state index contributed by atoms with van der Waals surface area (Å²) >= 11 is 0. The van der Waals surface area contributed by atoms with E-state index in [1.165, 1.54) is 5.56 Å². The molecule has 0 atom stereocenters. The molecule has 19 heavy (non-hydrogen) atoms. The number of aromatic nitrogens is 4. The lowest BCUT2D eigenvalue weighted by Gasteiger charge is -2.07. The number of aryl methyl sites for hydroxylation is 4. The molecular weight excluding hydrogens is 238 g/mol. The molecule has 0 aromatic carbocycles. The molecule has 2 aromatic rings.